The summed E-state index contributed by atoms with van der Waals surface area (Å²) in [6.45, 7) is 7.24. The topological polar surface area (TPSA) is 37.8 Å². The number of nitrogens with zero attached hydrogens (tertiary/aromatic N) is 2. The molecular weight excluding hydrogens is 322 g/mol. The van der Waals surface area contributed by atoms with Crippen molar-refractivity contribution in [2.45, 2.75) is 33.2 Å². The van der Waals surface area contributed by atoms with Crippen molar-refractivity contribution in [3.05, 3.63) is 44.1 Å². The fourth-order valence-corrected chi connectivity index (χ4v) is 3.34. The minimum absolute atomic E-state index is 0.264. The average Bonchev–Trinajstić information content (AvgIpc) is 2.68. The van der Waals surface area contributed by atoms with Gasteiger partial charge in [-0.3, -0.25) is 4.98 Å². The van der Waals surface area contributed by atoms with Gasteiger partial charge in [0.15, 0.2) is 0 Å². The molecule has 0 spiro atoms. The van der Waals surface area contributed by atoms with Crippen molar-refractivity contribution >= 4 is 27.3 Å². The van der Waals surface area contributed by atoms with Crippen LogP contribution in [0.1, 0.15) is 34.1 Å². The van der Waals surface area contributed by atoms with Gasteiger partial charge in [0, 0.05) is 34.2 Å². The van der Waals surface area contributed by atoms with Crippen LogP contribution in [0.15, 0.2) is 22.9 Å². The highest BCUT2D eigenvalue weighted by Gasteiger charge is 2.15. The third-order valence-electron chi connectivity index (χ3n) is 3.03. The summed E-state index contributed by atoms with van der Waals surface area (Å²) in [4.78, 5) is 10.2. The Labute approximate surface area is 126 Å². The Balaban J connectivity index is 2.20. The van der Waals surface area contributed by atoms with E-state index >= 15 is 0 Å². The van der Waals surface area contributed by atoms with Crippen molar-refractivity contribution in [3.63, 3.8) is 0 Å². The average molecular weight is 340 g/mol. The van der Waals surface area contributed by atoms with Crippen molar-refractivity contribution < 1.29 is 0 Å². The second kappa shape index (κ2) is 6.59. The van der Waals surface area contributed by atoms with Gasteiger partial charge in [0.1, 0.15) is 0 Å². The van der Waals surface area contributed by atoms with Crippen molar-refractivity contribution in [1.82, 2.24) is 15.3 Å². The first-order chi connectivity index (χ1) is 9.10. The molecule has 0 saturated carbocycles. The zero-order valence-electron chi connectivity index (χ0n) is 11.4. The van der Waals surface area contributed by atoms with E-state index in [0.717, 1.165) is 23.1 Å². The van der Waals surface area contributed by atoms with E-state index in [1.54, 1.807) is 11.3 Å². The van der Waals surface area contributed by atoms with E-state index in [2.05, 4.69) is 58.1 Å². The molecule has 0 fully saturated rings. The lowest BCUT2D eigenvalue weighted by Gasteiger charge is -2.17. The van der Waals surface area contributed by atoms with Gasteiger partial charge in [-0.2, -0.15) is 0 Å². The predicted molar refractivity (Wildman–Crippen MR) is 83.6 cm³/mol. The zero-order chi connectivity index (χ0) is 13.8. The number of aromatic nitrogens is 2. The van der Waals surface area contributed by atoms with E-state index in [1.807, 2.05) is 12.4 Å². The summed E-state index contributed by atoms with van der Waals surface area (Å²) in [6, 6.07) is 2.38. The molecule has 0 aliphatic rings. The zero-order valence-corrected chi connectivity index (χ0v) is 13.8. The number of hydrogen-bond acceptors (Lipinski definition) is 4. The molecule has 0 aliphatic heterocycles. The number of nitrogens with one attached hydrogen (secondary N) is 1. The number of thiazole rings is 1. The van der Waals surface area contributed by atoms with Gasteiger partial charge in [-0.15, -0.1) is 11.3 Å². The van der Waals surface area contributed by atoms with Crippen molar-refractivity contribution in [1.29, 1.82) is 0 Å². The van der Waals surface area contributed by atoms with E-state index in [0.29, 0.717) is 0 Å². The van der Waals surface area contributed by atoms with Crippen LogP contribution in [0.4, 0.5) is 0 Å². The van der Waals surface area contributed by atoms with Gasteiger partial charge in [-0.25, -0.2) is 4.98 Å². The van der Waals surface area contributed by atoms with Gasteiger partial charge in [0.2, 0.25) is 0 Å². The quantitative estimate of drug-likeness (QED) is 0.899. The van der Waals surface area contributed by atoms with Crippen molar-refractivity contribution in [3.8, 4) is 0 Å². The molecule has 102 valence electrons. The fourth-order valence-electron chi connectivity index (χ4n) is 1.97. The third kappa shape index (κ3) is 3.84. The Morgan fingerprint density at radius 1 is 1.37 bits per heavy atom. The van der Waals surface area contributed by atoms with Gasteiger partial charge < -0.3 is 5.32 Å². The van der Waals surface area contributed by atoms with Crippen LogP contribution >= 0.6 is 27.3 Å². The second-order valence-electron chi connectivity index (χ2n) is 4.50. The van der Waals surface area contributed by atoms with Crippen LogP contribution in [0.2, 0.25) is 0 Å². The first kappa shape index (κ1) is 14.6. The lowest BCUT2D eigenvalue weighted by Crippen LogP contribution is -2.23. The summed E-state index contributed by atoms with van der Waals surface area (Å²) in [6.07, 6.45) is 4.64. The van der Waals surface area contributed by atoms with E-state index < -0.39 is 0 Å². The highest BCUT2D eigenvalue weighted by Crippen LogP contribution is 2.24. The summed E-state index contributed by atoms with van der Waals surface area (Å²) < 4.78 is 1.01. The molecule has 2 aromatic heterocycles. The summed E-state index contributed by atoms with van der Waals surface area (Å²) >= 11 is 5.26. The van der Waals surface area contributed by atoms with E-state index in [1.165, 1.54) is 15.4 Å². The van der Waals surface area contributed by atoms with Gasteiger partial charge in [0.25, 0.3) is 0 Å². The van der Waals surface area contributed by atoms with Crippen molar-refractivity contribution in [2.24, 2.45) is 0 Å². The number of halogens is 1. The van der Waals surface area contributed by atoms with Gasteiger partial charge in [-0.1, -0.05) is 6.92 Å². The molecule has 0 bridgehead atoms. The minimum Gasteiger partial charge on any atom is -0.310 e. The minimum atomic E-state index is 0.264. The standard InChI is InChI=1S/C14H18BrN3S/c1-4-17-13(11-5-12(15)8-16-7-11)6-14-18-9(2)10(3)19-14/h5,7-8,13,17H,4,6H2,1-3H3. The smallest absolute Gasteiger partial charge is 0.0949 e. The summed E-state index contributed by atoms with van der Waals surface area (Å²) in [5, 5.41) is 4.69. The van der Waals surface area contributed by atoms with Crippen LogP contribution < -0.4 is 5.32 Å². The van der Waals surface area contributed by atoms with Crippen LogP contribution in [0.3, 0.4) is 0 Å². The number of pyridine rings is 1. The number of hydrogen-bond donors (Lipinski definition) is 1. The molecule has 0 aromatic carbocycles. The molecule has 1 N–H and O–H groups in total. The Bertz CT molecular complexity index is 534. The normalized spacial score (nSPS) is 12.6. The molecule has 1 unspecified atom stereocenters. The highest BCUT2D eigenvalue weighted by atomic mass is 79.9. The molecule has 0 radical (unpaired) electrons. The molecule has 1 atom stereocenters. The van der Waals surface area contributed by atoms with Crippen molar-refractivity contribution in [2.75, 3.05) is 6.54 Å². The van der Waals surface area contributed by atoms with Gasteiger partial charge in [-0.05, 0) is 48.0 Å². The SMILES string of the molecule is CCNC(Cc1nc(C)c(C)s1)c1cncc(Br)c1. The monoisotopic (exact) mass is 339 g/mol. The molecule has 0 aliphatic carbocycles. The fraction of sp³-hybridized carbons (Fsp3) is 0.429. The molecular formula is C14H18BrN3S. The maximum atomic E-state index is 4.63. The van der Waals surface area contributed by atoms with Crippen LogP contribution in [0, 0.1) is 13.8 Å². The predicted octanol–water partition coefficient (Wildman–Crippen LogP) is 3.81. The highest BCUT2D eigenvalue weighted by molar-refractivity contribution is 9.10. The maximum absolute atomic E-state index is 4.63. The Morgan fingerprint density at radius 3 is 2.74 bits per heavy atom. The molecule has 2 rings (SSSR count). The summed E-state index contributed by atoms with van der Waals surface area (Å²) in [5.41, 5.74) is 2.34. The lowest BCUT2D eigenvalue weighted by molar-refractivity contribution is 0.546. The lowest BCUT2D eigenvalue weighted by atomic mass is 10.1. The van der Waals surface area contributed by atoms with Gasteiger partial charge in [0.05, 0.1) is 10.7 Å². The molecule has 0 saturated heterocycles. The van der Waals surface area contributed by atoms with Crippen LogP contribution in [0.5, 0.6) is 0 Å². The summed E-state index contributed by atoms with van der Waals surface area (Å²) in [7, 11) is 0. The van der Waals surface area contributed by atoms with Crippen LogP contribution in [0.25, 0.3) is 0 Å². The number of likely N-dealkylation sites (N-methyl/N-ethyl adjacent to an activating group) is 1. The molecule has 2 aromatic rings. The van der Waals surface area contributed by atoms with Crippen LogP contribution in [-0.2, 0) is 6.42 Å². The first-order valence-corrected chi connectivity index (χ1v) is 7.97. The van der Waals surface area contributed by atoms with E-state index in [-0.39, 0.29) is 6.04 Å². The Kier molecular flexibility index (Phi) is 5.07. The number of aryl methyl sites for hydroxylation is 2. The Morgan fingerprint density at radius 2 is 2.16 bits per heavy atom. The van der Waals surface area contributed by atoms with E-state index in [4.69, 9.17) is 0 Å². The largest absolute Gasteiger partial charge is 0.310 e. The molecule has 5 heteroatoms. The van der Waals surface area contributed by atoms with Crippen LogP contribution in [-0.4, -0.2) is 16.5 Å². The maximum Gasteiger partial charge on any atom is 0.0949 e. The first-order valence-electron chi connectivity index (χ1n) is 6.37. The second-order valence-corrected chi connectivity index (χ2v) is 6.70. The molecule has 2 heterocycles. The third-order valence-corrected chi connectivity index (χ3v) is 4.56. The van der Waals surface area contributed by atoms with Gasteiger partial charge >= 0.3 is 0 Å². The molecule has 3 nitrogen and oxygen atoms in total. The van der Waals surface area contributed by atoms with E-state index in [9.17, 15) is 0 Å². The Hall–Kier alpha value is -0.780. The number of rotatable bonds is 5. The molecule has 0 amide bonds. The summed E-state index contributed by atoms with van der Waals surface area (Å²) in [5.74, 6) is 0. The molecule has 19 heavy (non-hydrogen) atoms.